The van der Waals surface area contributed by atoms with E-state index in [4.69, 9.17) is 9.47 Å². The zero-order valence-electron chi connectivity index (χ0n) is 14.1. The van der Waals surface area contributed by atoms with E-state index in [9.17, 15) is 4.79 Å². The van der Waals surface area contributed by atoms with Gasteiger partial charge in [0.25, 0.3) is 5.91 Å². The van der Waals surface area contributed by atoms with Gasteiger partial charge in [-0.05, 0) is 34.5 Å². The molecule has 5 nitrogen and oxygen atoms in total. The number of carbonyl (C=O) groups excluding carboxylic acids is 1. The fourth-order valence-electron chi connectivity index (χ4n) is 3.50. The van der Waals surface area contributed by atoms with E-state index in [1.54, 1.807) is 11.3 Å². The standard InChI is InChI=1S/C19H22N2O3S/c22-18-11-24-19(14-21(18)17-4-2-1-3-5-17)13-20(7-8-23-15-19)10-16-6-9-25-12-16/h1-6,9,12H,7-8,10-11,13-15H2/t19-/m0/s1. The zero-order chi connectivity index (χ0) is 17.1. The van der Waals surface area contributed by atoms with Crippen LogP contribution < -0.4 is 4.90 Å². The Morgan fingerprint density at radius 1 is 1.16 bits per heavy atom. The highest BCUT2D eigenvalue weighted by Gasteiger charge is 2.43. The average Bonchev–Trinajstić information content (AvgIpc) is 3.07. The normalized spacial score (nSPS) is 25.3. The number of rotatable bonds is 3. The molecule has 0 saturated carbocycles. The number of nitrogens with zero attached hydrogens (tertiary/aromatic N) is 2. The molecule has 132 valence electrons. The Hall–Kier alpha value is -1.73. The van der Waals surface area contributed by atoms with E-state index in [0.717, 1.165) is 25.3 Å². The van der Waals surface area contributed by atoms with Crippen LogP contribution in [-0.2, 0) is 20.8 Å². The third kappa shape index (κ3) is 3.77. The maximum Gasteiger partial charge on any atom is 0.253 e. The molecule has 0 radical (unpaired) electrons. The predicted octanol–water partition coefficient (Wildman–Crippen LogP) is 2.38. The summed E-state index contributed by atoms with van der Waals surface area (Å²) < 4.78 is 11.9. The Kier molecular flexibility index (Phi) is 4.85. The summed E-state index contributed by atoms with van der Waals surface area (Å²) in [4.78, 5) is 16.6. The van der Waals surface area contributed by atoms with Gasteiger partial charge in [-0.25, -0.2) is 0 Å². The van der Waals surface area contributed by atoms with Gasteiger partial charge in [-0.3, -0.25) is 9.69 Å². The lowest BCUT2D eigenvalue weighted by atomic mass is 10.0. The van der Waals surface area contributed by atoms with E-state index in [-0.39, 0.29) is 12.5 Å². The molecule has 2 fully saturated rings. The van der Waals surface area contributed by atoms with Crippen molar-refractivity contribution in [1.82, 2.24) is 4.90 Å². The fraction of sp³-hybridized carbons (Fsp3) is 0.421. The summed E-state index contributed by atoms with van der Waals surface area (Å²) in [5, 5.41) is 4.28. The Labute approximate surface area is 151 Å². The van der Waals surface area contributed by atoms with Crippen molar-refractivity contribution >= 4 is 22.9 Å². The minimum atomic E-state index is -0.476. The second kappa shape index (κ2) is 7.25. The molecule has 2 aliphatic rings. The van der Waals surface area contributed by atoms with Gasteiger partial charge in [0.15, 0.2) is 0 Å². The Bertz CT molecular complexity index is 707. The monoisotopic (exact) mass is 358 g/mol. The summed E-state index contributed by atoms with van der Waals surface area (Å²) in [5.41, 5.74) is 1.76. The molecule has 1 spiro atoms. The summed E-state index contributed by atoms with van der Waals surface area (Å²) in [7, 11) is 0. The zero-order valence-corrected chi connectivity index (χ0v) is 14.9. The topological polar surface area (TPSA) is 42.0 Å². The van der Waals surface area contributed by atoms with Crippen molar-refractivity contribution in [3.05, 3.63) is 52.7 Å². The van der Waals surface area contributed by atoms with Gasteiger partial charge >= 0.3 is 0 Å². The van der Waals surface area contributed by atoms with Crippen molar-refractivity contribution in [3.63, 3.8) is 0 Å². The summed E-state index contributed by atoms with van der Waals surface area (Å²) in [6.07, 6.45) is 0. The number of morpholine rings is 1. The molecule has 1 amide bonds. The van der Waals surface area contributed by atoms with Gasteiger partial charge in [0.1, 0.15) is 12.2 Å². The fourth-order valence-corrected chi connectivity index (χ4v) is 4.16. The van der Waals surface area contributed by atoms with Crippen LogP contribution in [0, 0.1) is 0 Å². The van der Waals surface area contributed by atoms with Gasteiger partial charge in [0, 0.05) is 25.3 Å². The average molecular weight is 358 g/mol. The molecule has 1 aromatic carbocycles. The van der Waals surface area contributed by atoms with Crippen LogP contribution in [0.3, 0.4) is 0 Å². The van der Waals surface area contributed by atoms with Crippen molar-refractivity contribution in [2.24, 2.45) is 0 Å². The number of amides is 1. The number of benzene rings is 1. The quantitative estimate of drug-likeness (QED) is 0.845. The first-order chi connectivity index (χ1) is 12.2. The van der Waals surface area contributed by atoms with Crippen LogP contribution in [0.2, 0.25) is 0 Å². The second-order valence-corrected chi connectivity index (χ2v) is 7.46. The molecule has 0 aliphatic carbocycles. The highest BCUT2D eigenvalue weighted by Crippen LogP contribution is 2.27. The van der Waals surface area contributed by atoms with Crippen molar-refractivity contribution in [1.29, 1.82) is 0 Å². The molecule has 1 aromatic heterocycles. The van der Waals surface area contributed by atoms with Crippen molar-refractivity contribution in [2.45, 2.75) is 12.1 Å². The van der Waals surface area contributed by atoms with Crippen LogP contribution in [0.5, 0.6) is 0 Å². The molecule has 0 unspecified atom stereocenters. The summed E-state index contributed by atoms with van der Waals surface area (Å²) >= 11 is 1.72. The number of anilines is 1. The van der Waals surface area contributed by atoms with E-state index in [0.29, 0.717) is 19.8 Å². The molecule has 0 N–H and O–H groups in total. The maximum atomic E-state index is 12.4. The van der Waals surface area contributed by atoms with E-state index < -0.39 is 5.60 Å². The summed E-state index contributed by atoms with van der Waals surface area (Å²) in [6.45, 7) is 4.36. The van der Waals surface area contributed by atoms with Gasteiger partial charge in [0.05, 0.1) is 19.8 Å². The van der Waals surface area contributed by atoms with Gasteiger partial charge in [-0.1, -0.05) is 18.2 Å². The van der Waals surface area contributed by atoms with Crippen LogP contribution in [-0.4, -0.2) is 55.9 Å². The lowest BCUT2D eigenvalue weighted by Crippen LogP contribution is -2.60. The highest BCUT2D eigenvalue weighted by molar-refractivity contribution is 7.07. The second-order valence-electron chi connectivity index (χ2n) is 6.68. The number of thiophene rings is 1. The van der Waals surface area contributed by atoms with Crippen LogP contribution in [0.1, 0.15) is 5.56 Å². The Morgan fingerprint density at radius 2 is 2.04 bits per heavy atom. The summed E-state index contributed by atoms with van der Waals surface area (Å²) in [6, 6.07) is 12.0. The third-order valence-corrected chi connectivity index (χ3v) is 5.46. The molecule has 2 saturated heterocycles. The Morgan fingerprint density at radius 3 is 2.84 bits per heavy atom. The van der Waals surface area contributed by atoms with E-state index in [1.165, 1.54) is 5.56 Å². The first kappa shape index (κ1) is 16.7. The summed E-state index contributed by atoms with van der Waals surface area (Å²) in [5.74, 6) is 0.00505. The largest absolute Gasteiger partial charge is 0.377 e. The van der Waals surface area contributed by atoms with E-state index in [2.05, 4.69) is 21.7 Å². The molecular formula is C19H22N2O3S. The number of hydrogen-bond acceptors (Lipinski definition) is 5. The SMILES string of the molecule is O=C1CO[C@]2(COCCN(Cc3ccsc3)C2)CN1c1ccccc1. The first-order valence-corrected chi connectivity index (χ1v) is 9.49. The van der Waals surface area contributed by atoms with E-state index in [1.807, 2.05) is 35.2 Å². The van der Waals surface area contributed by atoms with Crippen LogP contribution in [0.4, 0.5) is 5.69 Å². The first-order valence-electron chi connectivity index (χ1n) is 8.55. The third-order valence-electron chi connectivity index (χ3n) is 4.73. The van der Waals surface area contributed by atoms with Gasteiger partial charge in [0.2, 0.25) is 0 Å². The number of carbonyl (C=O) groups is 1. The van der Waals surface area contributed by atoms with Gasteiger partial charge in [-0.15, -0.1) is 0 Å². The van der Waals surface area contributed by atoms with E-state index >= 15 is 0 Å². The maximum absolute atomic E-state index is 12.4. The van der Waals surface area contributed by atoms with Crippen molar-refractivity contribution in [3.8, 4) is 0 Å². The molecule has 4 rings (SSSR count). The number of para-hydroxylation sites is 1. The molecule has 3 heterocycles. The van der Waals surface area contributed by atoms with Crippen molar-refractivity contribution in [2.75, 3.05) is 44.4 Å². The minimum absolute atomic E-state index is 0.00505. The molecule has 25 heavy (non-hydrogen) atoms. The molecule has 6 heteroatoms. The molecular weight excluding hydrogens is 336 g/mol. The molecule has 1 atom stereocenters. The van der Waals surface area contributed by atoms with Gasteiger partial charge in [-0.2, -0.15) is 11.3 Å². The lowest BCUT2D eigenvalue weighted by molar-refractivity contribution is -0.146. The predicted molar refractivity (Wildman–Crippen MR) is 97.9 cm³/mol. The van der Waals surface area contributed by atoms with Crippen LogP contribution in [0.15, 0.2) is 47.2 Å². The number of hydrogen-bond donors (Lipinski definition) is 0. The smallest absolute Gasteiger partial charge is 0.253 e. The van der Waals surface area contributed by atoms with Crippen molar-refractivity contribution < 1.29 is 14.3 Å². The molecule has 2 aliphatic heterocycles. The van der Waals surface area contributed by atoms with Gasteiger partial charge < -0.3 is 14.4 Å². The highest BCUT2D eigenvalue weighted by atomic mass is 32.1. The molecule has 0 bridgehead atoms. The lowest BCUT2D eigenvalue weighted by Gasteiger charge is -2.43. The number of ether oxygens (including phenoxy) is 2. The van der Waals surface area contributed by atoms with Crippen LogP contribution in [0.25, 0.3) is 0 Å². The minimum Gasteiger partial charge on any atom is -0.377 e. The Balaban J connectivity index is 1.53. The molecule has 2 aromatic rings. The van der Waals surface area contributed by atoms with Crippen LogP contribution >= 0.6 is 11.3 Å².